The first kappa shape index (κ1) is 17.2. The third-order valence-corrected chi connectivity index (χ3v) is 5.63. The smallest absolute Gasteiger partial charge is 0.213 e. The van der Waals surface area contributed by atoms with Gasteiger partial charge in [0.2, 0.25) is 5.69 Å². The first-order valence-electron chi connectivity index (χ1n) is 9.79. The van der Waals surface area contributed by atoms with Gasteiger partial charge in [-0.1, -0.05) is 0 Å². The summed E-state index contributed by atoms with van der Waals surface area (Å²) in [4.78, 5) is 0. The molecule has 0 fully saturated rings. The minimum absolute atomic E-state index is 0.740. The average Bonchev–Trinajstić information content (AvgIpc) is 2.71. The van der Waals surface area contributed by atoms with Crippen molar-refractivity contribution in [3.05, 3.63) is 42.1 Å². The van der Waals surface area contributed by atoms with Crippen LogP contribution in [0.25, 0.3) is 22.0 Å². The number of methoxy groups -OCH3 is 2. The van der Waals surface area contributed by atoms with Crippen molar-refractivity contribution >= 4 is 10.8 Å². The predicted octanol–water partition coefficient (Wildman–Crippen LogP) is 3.92. The van der Waals surface area contributed by atoms with Crippen LogP contribution in [0, 0.1) is 0 Å². The highest BCUT2D eigenvalue weighted by Gasteiger charge is 2.27. The maximum atomic E-state index is 5.99. The Hall–Kier alpha value is -2.95. The van der Waals surface area contributed by atoms with Gasteiger partial charge >= 0.3 is 0 Å². The lowest BCUT2D eigenvalue weighted by Gasteiger charge is -2.21. The summed E-state index contributed by atoms with van der Waals surface area (Å²) in [6.07, 6.45) is 5.19. The van der Waals surface area contributed by atoms with Gasteiger partial charge in [-0.2, -0.15) is 4.57 Å². The van der Waals surface area contributed by atoms with E-state index in [0.29, 0.717) is 0 Å². The zero-order chi connectivity index (χ0) is 19.1. The van der Waals surface area contributed by atoms with Crippen LogP contribution in [0.2, 0.25) is 0 Å². The van der Waals surface area contributed by atoms with E-state index >= 15 is 0 Å². The number of hydrogen-bond acceptors (Lipinski definition) is 4. The number of aryl methyl sites for hydroxylation is 2. The van der Waals surface area contributed by atoms with Gasteiger partial charge in [-0.15, -0.1) is 0 Å². The highest BCUT2D eigenvalue weighted by Crippen LogP contribution is 2.40. The summed E-state index contributed by atoms with van der Waals surface area (Å²) in [7, 11) is 3.35. The van der Waals surface area contributed by atoms with Crippen molar-refractivity contribution in [3.63, 3.8) is 0 Å². The summed E-state index contributed by atoms with van der Waals surface area (Å²) in [6, 6.07) is 10.6. The molecule has 3 aromatic rings. The van der Waals surface area contributed by atoms with Gasteiger partial charge in [0.05, 0.1) is 38.4 Å². The van der Waals surface area contributed by atoms with E-state index in [9.17, 15) is 0 Å². The Bertz CT molecular complexity index is 1060. The van der Waals surface area contributed by atoms with Gasteiger partial charge in [0.15, 0.2) is 35.7 Å². The largest absolute Gasteiger partial charge is 0.493 e. The Morgan fingerprint density at radius 3 is 2.46 bits per heavy atom. The molecular weight excluding hydrogens is 354 g/mol. The average molecular weight is 378 g/mol. The molecule has 0 saturated heterocycles. The number of hydrogen-bond donors (Lipinski definition) is 0. The number of benzene rings is 2. The van der Waals surface area contributed by atoms with E-state index in [-0.39, 0.29) is 0 Å². The van der Waals surface area contributed by atoms with Crippen LogP contribution >= 0.6 is 0 Å². The van der Waals surface area contributed by atoms with Gasteiger partial charge in [-0.05, 0) is 48.1 Å². The summed E-state index contributed by atoms with van der Waals surface area (Å²) < 4.78 is 25.3. The minimum Gasteiger partial charge on any atom is -0.493 e. The van der Waals surface area contributed by atoms with Crippen LogP contribution in [0.1, 0.15) is 18.4 Å². The molecule has 5 nitrogen and oxygen atoms in total. The minimum atomic E-state index is 0.740. The Labute approximate surface area is 164 Å². The van der Waals surface area contributed by atoms with Crippen molar-refractivity contribution in [2.45, 2.75) is 25.8 Å². The van der Waals surface area contributed by atoms with Crippen LogP contribution in [0.15, 0.2) is 36.5 Å². The molecule has 0 atom stereocenters. The SMILES string of the molecule is COc1ccc2cc3[n+](cc2c1OC)CCc1cc2c(cc1-3)OCCCCO2. The van der Waals surface area contributed by atoms with Crippen molar-refractivity contribution in [2.75, 3.05) is 27.4 Å². The molecule has 5 rings (SSSR count). The molecule has 28 heavy (non-hydrogen) atoms. The van der Waals surface area contributed by atoms with Crippen LogP contribution in [0.5, 0.6) is 23.0 Å². The molecule has 2 aromatic carbocycles. The van der Waals surface area contributed by atoms with Crippen molar-refractivity contribution < 1.29 is 23.5 Å². The second kappa shape index (κ2) is 6.89. The van der Waals surface area contributed by atoms with Gasteiger partial charge in [-0.25, -0.2) is 0 Å². The van der Waals surface area contributed by atoms with Crippen molar-refractivity contribution in [3.8, 4) is 34.3 Å². The molecule has 5 heteroatoms. The van der Waals surface area contributed by atoms with E-state index in [0.717, 1.165) is 72.8 Å². The maximum Gasteiger partial charge on any atom is 0.213 e. The topological polar surface area (TPSA) is 40.8 Å². The Morgan fingerprint density at radius 2 is 1.71 bits per heavy atom. The molecule has 0 N–H and O–H groups in total. The Morgan fingerprint density at radius 1 is 0.929 bits per heavy atom. The molecule has 0 bridgehead atoms. The lowest BCUT2D eigenvalue weighted by molar-refractivity contribution is -0.686. The lowest BCUT2D eigenvalue weighted by atomic mass is 9.95. The van der Waals surface area contributed by atoms with Crippen LogP contribution in [0.3, 0.4) is 0 Å². The molecule has 3 heterocycles. The predicted molar refractivity (Wildman–Crippen MR) is 107 cm³/mol. The molecule has 0 unspecified atom stereocenters. The number of aromatic nitrogens is 1. The molecule has 0 spiro atoms. The highest BCUT2D eigenvalue weighted by molar-refractivity contribution is 5.91. The van der Waals surface area contributed by atoms with Gasteiger partial charge in [0.1, 0.15) is 0 Å². The van der Waals surface area contributed by atoms with E-state index in [1.807, 2.05) is 6.07 Å². The molecule has 0 saturated carbocycles. The van der Waals surface area contributed by atoms with Crippen LogP contribution in [-0.4, -0.2) is 27.4 Å². The van der Waals surface area contributed by atoms with Gasteiger partial charge in [0.25, 0.3) is 0 Å². The van der Waals surface area contributed by atoms with Crippen molar-refractivity contribution in [1.82, 2.24) is 0 Å². The van der Waals surface area contributed by atoms with Crippen LogP contribution in [-0.2, 0) is 13.0 Å². The van der Waals surface area contributed by atoms with Crippen LogP contribution in [0.4, 0.5) is 0 Å². The van der Waals surface area contributed by atoms with E-state index in [2.05, 4.69) is 35.0 Å². The lowest BCUT2D eigenvalue weighted by Crippen LogP contribution is -2.40. The molecule has 144 valence electrons. The van der Waals surface area contributed by atoms with Crippen molar-refractivity contribution in [2.24, 2.45) is 0 Å². The van der Waals surface area contributed by atoms with E-state index in [1.165, 1.54) is 16.8 Å². The second-order valence-electron chi connectivity index (χ2n) is 7.27. The molecule has 0 aliphatic carbocycles. The van der Waals surface area contributed by atoms with Gasteiger partial charge in [-0.3, -0.25) is 0 Å². The fourth-order valence-corrected chi connectivity index (χ4v) is 4.18. The molecule has 2 aliphatic rings. The normalized spacial score (nSPS) is 15.2. The summed E-state index contributed by atoms with van der Waals surface area (Å²) in [5, 5.41) is 2.18. The zero-order valence-electron chi connectivity index (χ0n) is 16.3. The molecule has 2 aliphatic heterocycles. The van der Waals surface area contributed by atoms with E-state index < -0.39 is 0 Å². The maximum absolute atomic E-state index is 5.99. The summed E-state index contributed by atoms with van der Waals surface area (Å²) in [6.45, 7) is 2.41. The first-order chi connectivity index (χ1) is 13.8. The van der Waals surface area contributed by atoms with Gasteiger partial charge < -0.3 is 18.9 Å². The summed E-state index contributed by atoms with van der Waals surface area (Å²) in [5.74, 6) is 3.24. The monoisotopic (exact) mass is 378 g/mol. The molecule has 0 amide bonds. The second-order valence-corrected chi connectivity index (χ2v) is 7.27. The molecule has 0 radical (unpaired) electrons. The van der Waals surface area contributed by atoms with Crippen LogP contribution < -0.4 is 23.5 Å². The highest BCUT2D eigenvalue weighted by atomic mass is 16.5. The number of pyridine rings is 1. The first-order valence-corrected chi connectivity index (χ1v) is 9.79. The number of fused-ring (bicyclic) bond motifs is 5. The van der Waals surface area contributed by atoms with E-state index in [1.54, 1.807) is 14.2 Å². The quantitative estimate of drug-likeness (QED) is 0.634. The summed E-state index contributed by atoms with van der Waals surface area (Å²) in [5.41, 5.74) is 3.71. The van der Waals surface area contributed by atoms with Crippen molar-refractivity contribution in [1.29, 1.82) is 0 Å². The third-order valence-electron chi connectivity index (χ3n) is 5.63. The van der Waals surface area contributed by atoms with Gasteiger partial charge in [0, 0.05) is 12.5 Å². The zero-order valence-corrected chi connectivity index (χ0v) is 16.3. The number of ether oxygens (including phenoxy) is 4. The number of nitrogens with zero attached hydrogens (tertiary/aromatic N) is 1. The molecule has 1 aromatic heterocycles. The van der Waals surface area contributed by atoms with E-state index in [4.69, 9.17) is 18.9 Å². The standard InChI is InChI=1S/C23H24NO4/c1-25-20-6-5-15-11-19-17-13-22-21(27-9-3-4-10-28-22)12-16(17)7-8-24(19)14-18(15)23(20)26-2/h5-6,11-14H,3-4,7-10H2,1-2H3/q+1. The fourth-order valence-electron chi connectivity index (χ4n) is 4.18. The number of rotatable bonds is 2. The Balaban J connectivity index is 1.68. The Kier molecular flexibility index (Phi) is 4.23. The third kappa shape index (κ3) is 2.73. The molecular formula is C23H24NO4+. The summed E-state index contributed by atoms with van der Waals surface area (Å²) >= 11 is 0. The fraction of sp³-hybridized carbons (Fsp3) is 0.348.